The number of hydrogen-bond donors (Lipinski definition) is 0. The van der Waals surface area contributed by atoms with E-state index in [4.69, 9.17) is 0 Å². The number of carbonyl (C=O) groups is 1. The normalized spacial score (nSPS) is 19.2. The van der Waals surface area contributed by atoms with Crippen molar-refractivity contribution in [2.75, 3.05) is 19.0 Å². The van der Waals surface area contributed by atoms with E-state index < -0.39 is 27.5 Å². The average Bonchev–Trinajstić information content (AvgIpc) is 2.44. The number of carbonyl (C=O) groups excluding carboxylic acids is 1. The standard InChI is InChI=1S/C13H15F3N2O3S/c1-17(2)22(20,21)11-8-7-9-5-3-4-6-10(9)18(11)12(19)13(14,15)16/h3-6,11H,7-8H2,1-2H3. The maximum absolute atomic E-state index is 12.9. The number of amides is 1. The van der Waals surface area contributed by atoms with Crippen LogP contribution in [0.2, 0.25) is 0 Å². The van der Waals surface area contributed by atoms with Gasteiger partial charge in [0.15, 0.2) is 5.37 Å². The molecule has 1 aromatic rings. The zero-order chi connectivity index (χ0) is 16.7. The molecule has 2 rings (SSSR count). The molecule has 0 bridgehead atoms. The first kappa shape index (κ1) is 16.8. The third kappa shape index (κ3) is 2.82. The fourth-order valence-electron chi connectivity index (χ4n) is 2.42. The third-order valence-electron chi connectivity index (χ3n) is 3.51. The van der Waals surface area contributed by atoms with Crippen molar-refractivity contribution in [3.05, 3.63) is 29.8 Å². The number of alkyl halides is 3. The smallest absolute Gasteiger partial charge is 0.285 e. The molecule has 1 heterocycles. The van der Waals surface area contributed by atoms with Gasteiger partial charge in [-0.15, -0.1) is 0 Å². The van der Waals surface area contributed by atoms with Gasteiger partial charge in [0, 0.05) is 19.8 Å². The van der Waals surface area contributed by atoms with E-state index in [1.807, 2.05) is 0 Å². The van der Waals surface area contributed by atoms with E-state index in [1.165, 1.54) is 26.2 Å². The van der Waals surface area contributed by atoms with Crippen molar-refractivity contribution in [1.29, 1.82) is 0 Å². The Labute approximate surface area is 126 Å². The summed E-state index contributed by atoms with van der Waals surface area (Å²) in [7, 11) is -1.60. The fourth-order valence-corrected chi connectivity index (χ4v) is 3.80. The summed E-state index contributed by atoms with van der Waals surface area (Å²) in [5.74, 6) is -2.17. The number of anilines is 1. The molecule has 0 aromatic heterocycles. The zero-order valence-electron chi connectivity index (χ0n) is 12.0. The lowest BCUT2D eigenvalue weighted by Crippen LogP contribution is -2.55. The van der Waals surface area contributed by atoms with E-state index in [0.717, 1.165) is 4.31 Å². The summed E-state index contributed by atoms with van der Waals surface area (Å²) in [5, 5.41) is -1.56. The van der Waals surface area contributed by atoms with Crippen molar-refractivity contribution in [1.82, 2.24) is 4.31 Å². The van der Waals surface area contributed by atoms with Gasteiger partial charge >= 0.3 is 12.1 Å². The number of rotatable bonds is 2. The van der Waals surface area contributed by atoms with Crippen LogP contribution in [0.25, 0.3) is 0 Å². The molecule has 1 atom stereocenters. The van der Waals surface area contributed by atoms with Gasteiger partial charge in [-0.25, -0.2) is 12.7 Å². The molecule has 0 fully saturated rings. The van der Waals surface area contributed by atoms with E-state index in [9.17, 15) is 26.4 Å². The van der Waals surface area contributed by atoms with Gasteiger partial charge in [-0.05, 0) is 24.5 Å². The summed E-state index contributed by atoms with van der Waals surface area (Å²) < 4.78 is 64.1. The quantitative estimate of drug-likeness (QED) is 0.827. The van der Waals surface area contributed by atoms with Crippen LogP contribution in [-0.4, -0.2) is 44.3 Å². The monoisotopic (exact) mass is 336 g/mol. The minimum absolute atomic E-state index is 0.00787. The molecule has 1 unspecified atom stereocenters. The van der Waals surface area contributed by atoms with Crippen molar-refractivity contribution in [2.45, 2.75) is 24.4 Å². The predicted molar refractivity (Wildman–Crippen MR) is 74.7 cm³/mol. The highest BCUT2D eigenvalue weighted by Crippen LogP contribution is 2.36. The molecule has 1 aromatic carbocycles. The molecule has 1 aliphatic heterocycles. The number of fused-ring (bicyclic) bond motifs is 1. The van der Waals surface area contributed by atoms with Gasteiger partial charge in [0.1, 0.15) is 0 Å². The largest absolute Gasteiger partial charge is 0.471 e. The second-order valence-electron chi connectivity index (χ2n) is 5.12. The maximum atomic E-state index is 12.9. The second-order valence-corrected chi connectivity index (χ2v) is 7.43. The number of halogens is 3. The van der Waals surface area contributed by atoms with E-state index in [0.29, 0.717) is 10.5 Å². The molecule has 0 saturated heterocycles. The lowest BCUT2D eigenvalue weighted by atomic mass is 10.0. The maximum Gasteiger partial charge on any atom is 0.471 e. The van der Waals surface area contributed by atoms with E-state index in [2.05, 4.69) is 0 Å². The average molecular weight is 336 g/mol. The molecule has 1 amide bonds. The molecule has 9 heteroatoms. The summed E-state index contributed by atoms with van der Waals surface area (Å²) in [5.41, 5.74) is 0.511. The molecule has 122 valence electrons. The Bertz CT molecular complexity index is 686. The number of para-hydroxylation sites is 1. The fraction of sp³-hybridized carbons (Fsp3) is 0.462. The molecule has 5 nitrogen and oxygen atoms in total. The summed E-state index contributed by atoms with van der Waals surface area (Å²) >= 11 is 0. The molecule has 0 aliphatic carbocycles. The summed E-state index contributed by atoms with van der Waals surface area (Å²) in [4.78, 5) is 12.1. The van der Waals surface area contributed by atoms with Crippen LogP contribution in [0.1, 0.15) is 12.0 Å². The van der Waals surface area contributed by atoms with Gasteiger partial charge in [-0.2, -0.15) is 13.2 Å². The lowest BCUT2D eigenvalue weighted by Gasteiger charge is -2.37. The second kappa shape index (κ2) is 5.54. The van der Waals surface area contributed by atoms with Gasteiger partial charge in [0.2, 0.25) is 10.0 Å². The van der Waals surface area contributed by atoms with Crippen molar-refractivity contribution >= 4 is 21.6 Å². The minimum Gasteiger partial charge on any atom is -0.285 e. The van der Waals surface area contributed by atoms with Crippen LogP contribution in [0.4, 0.5) is 18.9 Å². The molecule has 0 spiro atoms. The highest BCUT2D eigenvalue weighted by atomic mass is 32.2. The number of benzene rings is 1. The molecular weight excluding hydrogens is 321 g/mol. The highest BCUT2D eigenvalue weighted by Gasteiger charge is 2.50. The first-order valence-electron chi connectivity index (χ1n) is 6.46. The zero-order valence-corrected chi connectivity index (χ0v) is 12.8. The van der Waals surface area contributed by atoms with E-state index in [-0.39, 0.29) is 18.5 Å². The first-order valence-corrected chi connectivity index (χ1v) is 7.96. The summed E-state index contributed by atoms with van der Waals surface area (Å²) in [6, 6.07) is 6.02. The highest BCUT2D eigenvalue weighted by molar-refractivity contribution is 7.89. The Morgan fingerprint density at radius 1 is 1.27 bits per heavy atom. The van der Waals surface area contributed by atoms with Crippen LogP contribution < -0.4 is 4.90 Å². The molecule has 0 N–H and O–H groups in total. The van der Waals surface area contributed by atoms with E-state index >= 15 is 0 Å². The Balaban J connectivity index is 2.60. The molecule has 22 heavy (non-hydrogen) atoms. The molecule has 0 radical (unpaired) electrons. The number of nitrogens with zero attached hydrogens (tertiary/aromatic N) is 2. The van der Waals surface area contributed by atoms with Gasteiger partial charge < -0.3 is 0 Å². The molecule has 0 saturated carbocycles. The molecule has 1 aliphatic rings. The molecular formula is C13H15F3N2O3S. The Hall–Kier alpha value is -1.61. The first-order chi connectivity index (χ1) is 10.1. The van der Waals surface area contributed by atoms with Crippen molar-refractivity contribution in [3.63, 3.8) is 0 Å². The van der Waals surface area contributed by atoms with Crippen LogP contribution in [0.15, 0.2) is 24.3 Å². The summed E-state index contributed by atoms with van der Waals surface area (Å²) in [6.45, 7) is 0. The third-order valence-corrected chi connectivity index (χ3v) is 5.67. The minimum atomic E-state index is -5.15. The van der Waals surface area contributed by atoms with Crippen LogP contribution in [0.3, 0.4) is 0 Å². The van der Waals surface area contributed by atoms with Crippen LogP contribution in [0, 0.1) is 0 Å². The van der Waals surface area contributed by atoms with Gasteiger partial charge in [0.25, 0.3) is 0 Å². The van der Waals surface area contributed by atoms with Gasteiger partial charge in [-0.3, -0.25) is 9.69 Å². The number of sulfonamides is 1. The van der Waals surface area contributed by atoms with Gasteiger partial charge in [0.05, 0.1) is 0 Å². The Morgan fingerprint density at radius 3 is 2.41 bits per heavy atom. The van der Waals surface area contributed by atoms with Crippen molar-refractivity contribution in [3.8, 4) is 0 Å². The lowest BCUT2D eigenvalue weighted by molar-refractivity contribution is -0.170. The van der Waals surface area contributed by atoms with E-state index in [1.54, 1.807) is 12.1 Å². The van der Waals surface area contributed by atoms with Crippen LogP contribution >= 0.6 is 0 Å². The van der Waals surface area contributed by atoms with Crippen molar-refractivity contribution in [2.24, 2.45) is 0 Å². The summed E-state index contributed by atoms with van der Waals surface area (Å²) in [6.07, 6.45) is -4.95. The topological polar surface area (TPSA) is 57.7 Å². The van der Waals surface area contributed by atoms with Gasteiger partial charge in [-0.1, -0.05) is 18.2 Å². The van der Waals surface area contributed by atoms with Crippen LogP contribution in [-0.2, 0) is 21.2 Å². The Kier molecular flexibility index (Phi) is 4.22. The van der Waals surface area contributed by atoms with Crippen molar-refractivity contribution < 1.29 is 26.4 Å². The Morgan fingerprint density at radius 2 is 1.86 bits per heavy atom. The number of aryl methyl sites for hydroxylation is 1. The SMILES string of the molecule is CN(C)S(=O)(=O)C1CCc2ccccc2N1C(=O)C(F)(F)F. The van der Waals surface area contributed by atoms with Crippen LogP contribution in [0.5, 0.6) is 0 Å². The number of hydrogen-bond acceptors (Lipinski definition) is 3. The predicted octanol–water partition coefficient (Wildman–Crippen LogP) is 1.75.